The number of carbonyl (C=O) groups is 3. The molecule has 7 nitrogen and oxygen atoms in total. The highest BCUT2D eigenvalue weighted by molar-refractivity contribution is 6.11. The second kappa shape index (κ2) is 9.17. The van der Waals surface area contributed by atoms with E-state index in [4.69, 9.17) is 4.74 Å². The number of ketones is 1. The molecule has 1 atom stereocenters. The molecular formula is C27H29N3O4. The zero-order valence-electron chi connectivity index (χ0n) is 19.9. The maximum absolute atomic E-state index is 13.2. The van der Waals surface area contributed by atoms with E-state index in [1.807, 2.05) is 62.4 Å². The lowest BCUT2D eigenvalue weighted by Gasteiger charge is -2.22. The van der Waals surface area contributed by atoms with E-state index in [0.29, 0.717) is 17.7 Å². The van der Waals surface area contributed by atoms with Crippen LogP contribution in [0.4, 0.5) is 4.79 Å². The molecule has 0 spiro atoms. The monoisotopic (exact) mass is 459 g/mol. The molecule has 1 aliphatic rings. The number of methoxy groups -OCH3 is 1. The van der Waals surface area contributed by atoms with Gasteiger partial charge in [0.2, 0.25) is 0 Å². The van der Waals surface area contributed by atoms with Crippen LogP contribution in [0.2, 0.25) is 0 Å². The number of aryl methyl sites for hydroxylation is 2. The number of benzene rings is 2. The SMILES string of the molecule is COc1ccc(CCn2c(C)cc(C(=O)CN3C(=O)NC(C)(c4ccccc4)C3=O)c2C)cc1. The number of hydrogen-bond acceptors (Lipinski definition) is 4. The number of rotatable bonds is 8. The molecule has 0 radical (unpaired) electrons. The zero-order chi connectivity index (χ0) is 24.5. The molecule has 3 aromatic rings. The van der Waals surface area contributed by atoms with E-state index >= 15 is 0 Å². The number of imide groups is 1. The van der Waals surface area contributed by atoms with Gasteiger partial charge >= 0.3 is 6.03 Å². The first-order chi connectivity index (χ1) is 16.2. The first-order valence-corrected chi connectivity index (χ1v) is 11.3. The van der Waals surface area contributed by atoms with Crippen molar-refractivity contribution in [1.82, 2.24) is 14.8 Å². The Morgan fingerprint density at radius 3 is 2.35 bits per heavy atom. The molecule has 1 fully saturated rings. The van der Waals surface area contributed by atoms with Gasteiger partial charge in [-0.05, 0) is 56.5 Å². The van der Waals surface area contributed by atoms with Crippen molar-refractivity contribution in [3.05, 3.63) is 88.7 Å². The van der Waals surface area contributed by atoms with Gasteiger partial charge in [-0.1, -0.05) is 42.5 Å². The Morgan fingerprint density at radius 2 is 1.71 bits per heavy atom. The summed E-state index contributed by atoms with van der Waals surface area (Å²) in [6, 6.07) is 18.3. The summed E-state index contributed by atoms with van der Waals surface area (Å²) in [7, 11) is 1.64. The Bertz CT molecular complexity index is 1230. The molecule has 7 heteroatoms. The van der Waals surface area contributed by atoms with Crippen LogP contribution in [0.25, 0.3) is 0 Å². The fourth-order valence-corrected chi connectivity index (χ4v) is 4.50. The van der Waals surface area contributed by atoms with Crippen LogP contribution in [0.1, 0.15) is 39.8 Å². The Hall–Kier alpha value is -3.87. The smallest absolute Gasteiger partial charge is 0.325 e. The van der Waals surface area contributed by atoms with Gasteiger partial charge in [0, 0.05) is 23.5 Å². The highest BCUT2D eigenvalue weighted by atomic mass is 16.5. The number of ether oxygens (including phenoxy) is 1. The van der Waals surface area contributed by atoms with Gasteiger partial charge < -0.3 is 14.6 Å². The van der Waals surface area contributed by atoms with Crippen molar-refractivity contribution in [2.45, 2.75) is 39.3 Å². The minimum Gasteiger partial charge on any atom is -0.497 e. The first kappa shape index (κ1) is 23.3. The van der Waals surface area contributed by atoms with E-state index in [0.717, 1.165) is 28.5 Å². The largest absolute Gasteiger partial charge is 0.497 e. The Kier molecular flexibility index (Phi) is 6.28. The molecule has 1 aromatic heterocycles. The van der Waals surface area contributed by atoms with Crippen LogP contribution < -0.4 is 10.1 Å². The van der Waals surface area contributed by atoms with Crippen molar-refractivity contribution in [1.29, 1.82) is 0 Å². The van der Waals surface area contributed by atoms with E-state index < -0.39 is 17.5 Å². The molecule has 1 N–H and O–H groups in total. The maximum atomic E-state index is 13.2. The van der Waals surface area contributed by atoms with Crippen LogP contribution in [0.3, 0.4) is 0 Å². The summed E-state index contributed by atoms with van der Waals surface area (Å²) in [5, 5.41) is 2.75. The lowest BCUT2D eigenvalue weighted by Crippen LogP contribution is -2.41. The standard InChI is InChI=1S/C27H29N3O4/c1-18-16-23(19(2)29(18)15-14-20-10-12-22(34-4)13-11-20)24(31)17-30-25(32)27(3,28-26(30)33)21-8-6-5-7-9-21/h5-13,16H,14-15,17H2,1-4H3,(H,28,33). The van der Waals surface area contributed by atoms with Crippen LogP contribution >= 0.6 is 0 Å². The van der Waals surface area contributed by atoms with Crippen LogP contribution in [0, 0.1) is 13.8 Å². The minimum absolute atomic E-state index is 0.260. The number of nitrogens with zero attached hydrogens (tertiary/aromatic N) is 2. The summed E-state index contributed by atoms with van der Waals surface area (Å²) >= 11 is 0. The zero-order valence-corrected chi connectivity index (χ0v) is 19.9. The highest BCUT2D eigenvalue weighted by Crippen LogP contribution is 2.29. The van der Waals surface area contributed by atoms with Gasteiger partial charge in [-0.25, -0.2) is 4.79 Å². The van der Waals surface area contributed by atoms with Crippen LogP contribution in [-0.4, -0.2) is 40.8 Å². The number of nitrogens with one attached hydrogen (secondary N) is 1. The quantitative estimate of drug-likeness (QED) is 0.408. The summed E-state index contributed by atoms with van der Waals surface area (Å²) in [6.07, 6.45) is 0.802. The molecule has 34 heavy (non-hydrogen) atoms. The number of Topliss-reactive ketones (excluding diaryl/α,β-unsaturated/α-hetero) is 1. The third-order valence-electron chi connectivity index (χ3n) is 6.59. The van der Waals surface area contributed by atoms with Gasteiger partial charge in [-0.15, -0.1) is 0 Å². The molecule has 176 valence electrons. The average Bonchev–Trinajstić information content (AvgIpc) is 3.25. The average molecular weight is 460 g/mol. The topological polar surface area (TPSA) is 80.6 Å². The van der Waals surface area contributed by atoms with Gasteiger partial charge in [0.15, 0.2) is 5.78 Å². The van der Waals surface area contributed by atoms with E-state index in [-0.39, 0.29) is 12.3 Å². The van der Waals surface area contributed by atoms with Crippen molar-refractivity contribution in [3.63, 3.8) is 0 Å². The third kappa shape index (κ3) is 4.21. The molecule has 0 aliphatic carbocycles. The lowest BCUT2D eigenvalue weighted by atomic mass is 9.92. The third-order valence-corrected chi connectivity index (χ3v) is 6.59. The van der Waals surface area contributed by atoms with Crippen LogP contribution in [-0.2, 0) is 23.3 Å². The van der Waals surface area contributed by atoms with Crippen molar-refractivity contribution in [2.75, 3.05) is 13.7 Å². The molecule has 4 rings (SSSR count). The second-order valence-corrected chi connectivity index (χ2v) is 8.77. The Morgan fingerprint density at radius 1 is 1.03 bits per heavy atom. The van der Waals surface area contributed by atoms with E-state index in [9.17, 15) is 14.4 Å². The molecule has 1 saturated heterocycles. The van der Waals surface area contributed by atoms with Crippen LogP contribution in [0.5, 0.6) is 5.75 Å². The van der Waals surface area contributed by atoms with Gasteiger partial charge in [0.1, 0.15) is 11.3 Å². The van der Waals surface area contributed by atoms with Gasteiger partial charge in [-0.3, -0.25) is 14.5 Å². The highest BCUT2D eigenvalue weighted by Gasteiger charge is 2.49. The minimum atomic E-state index is -1.19. The van der Waals surface area contributed by atoms with Crippen LogP contribution in [0.15, 0.2) is 60.7 Å². The van der Waals surface area contributed by atoms with Crippen molar-refractivity contribution in [2.24, 2.45) is 0 Å². The second-order valence-electron chi connectivity index (χ2n) is 8.77. The molecule has 3 amide bonds. The molecule has 1 unspecified atom stereocenters. The van der Waals surface area contributed by atoms with E-state index in [1.54, 1.807) is 26.2 Å². The Balaban J connectivity index is 1.48. The molecular weight excluding hydrogens is 430 g/mol. The summed E-state index contributed by atoms with van der Waals surface area (Å²) in [5.74, 6) is 0.129. The summed E-state index contributed by atoms with van der Waals surface area (Å²) in [4.78, 5) is 40.0. The van der Waals surface area contributed by atoms with Crippen molar-refractivity contribution < 1.29 is 19.1 Å². The van der Waals surface area contributed by atoms with Gasteiger partial charge in [-0.2, -0.15) is 0 Å². The summed E-state index contributed by atoms with van der Waals surface area (Å²) < 4.78 is 7.30. The summed E-state index contributed by atoms with van der Waals surface area (Å²) in [5.41, 5.74) is 2.98. The number of carbonyl (C=O) groups excluding carboxylic acids is 3. The van der Waals surface area contributed by atoms with Crippen molar-refractivity contribution >= 4 is 17.7 Å². The Labute approximate surface area is 199 Å². The van der Waals surface area contributed by atoms with Gasteiger partial charge in [0.05, 0.1) is 13.7 Å². The van der Waals surface area contributed by atoms with E-state index in [1.165, 1.54) is 5.56 Å². The lowest BCUT2D eigenvalue weighted by molar-refractivity contribution is -0.130. The molecule has 1 aliphatic heterocycles. The molecule has 2 aromatic carbocycles. The number of hydrogen-bond donors (Lipinski definition) is 1. The van der Waals surface area contributed by atoms with Gasteiger partial charge in [0.25, 0.3) is 5.91 Å². The first-order valence-electron chi connectivity index (χ1n) is 11.3. The fraction of sp³-hybridized carbons (Fsp3) is 0.296. The molecule has 0 saturated carbocycles. The number of urea groups is 1. The van der Waals surface area contributed by atoms with Crippen molar-refractivity contribution in [3.8, 4) is 5.75 Å². The number of amides is 3. The number of aromatic nitrogens is 1. The molecule has 0 bridgehead atoms. The van der Waals surface area contributed by atoms with E-state index in [2.05, 4.69) is 9.88 Å². The maximum Gasteiger partial charge on any atom is 0.325 e. The summed E-state index contributed by atoms with van der Waals surface area (Å²) in [6.45, 7) is 5.94. The fourth-order valence-electron chi connectivity index (χ4n) is 4.50. The predicted octanol–water partition coefficient (Wildman–Crippen LogP) is 4.01. The normalized spacial score (nSPS) is 17.7. The molecule has 2 heterocycles. The predicted molar refractivity (Wildman–Crippen MR) is 129 cm³/mol.